The summed E-state index contributed by atoms with van der Waals surface area (Å²) in [5, 5.41) is 2.90. The summed E-state index contributed by atoms with van der Waals surface area (Å²) in [6.45, 7) is 9.82. The van der Waals surface area contributed by atoms with E-state index in [1.165, 1.54) is 0 Å². The van der Waals surface area contributed by atoms with Crippen LogP contribution in [0.2, 0.25) is 0 Å². The van der Waals surface area contributed by atoms with Gasteiger partial charge < -0.3 is 9.88 Å². The lowest BCUT2D eigenvalue weighted by atomic mass is 10.1. The monoisotopic (exact) mass is 236 g/mol. The molecule has 1 rings (SSSR count). The zero-order valence-electron chi connectivity index (χ0n) is 11.1. The van der Waals surface area contributed by atoms with E-state index in [4.69, 9.17) is 0 Å². The van der Waals surface area contributed by atoms with Crippen LogP contribution >= 0.6 is 0 Å². The molecule has 0 spiro atoms. The van der Waals surface area contributed by atoms with Gasteiger partial charge in [0.15, 0.2) is 6.29 Å². The fraction of sp³-hybridized carbons (Fsp3) is 0.538. The summed E-state index contributed by atoms with van der Waals surface area (Å²) < 4.78 is 1.85. The van der Waals surface area contributed by atoms with Crippen LogP contribution in [0.3, 0.4) is 0 Å². The van der Waals surface area contributed by atoms with E-state index in [2.05, 4.69) is 5.32 Å². The van der Waals surface area contributed by atoms with Gasteiger partial charge in [-0.25, -0.2) is 0 Å². The molecule has 4 nitrogen and oxygen atoms in total. The van der Waals surface area contributed by atoms with Crippen LogP contribution in [0, 0.1) is 13.8 Å². The molecule has 0 radical (unpaired) electrons. The van der Waals surface area contributed by atoms with Gasteiger partial charge in [-0.2, -0.15) is 0 Å². The predicted molar refractivity (Wildman–Crippen MR) is 67.2 cm³/mol. The molecule has 0 atom stereocenters. The van der Waals surface area contributed by atoms with Crippen LogP contribution in [0.5, 0.6) is 0 Å². The third-order valence-electron chi connectivity index (χ3n) is 2.56. The van der Waals surface area contributed by atoms with Gasteiger partial charge in [0.25, 0.3) is 0 Å². The number of nitrogens with one attached hydrogen (secondary N) is 1. The van der Waals surface area contributed by atoms with Crippen LogP contribution in [0.25, 0.3) is 0 Å². The van der Waals surface area contributed by atoms with Gasteiger partial charge in [-0.15, -0.1) is 0 Å². The maximum absolute atomic E-state index is 11.8. The number of carbonyl (C=O) groups excluding carboxylic acids is 2. The Morgan fingerprint density at radius 1 is 1.41 bits per heavy atom. The Labute approximate surface area is 102 Å². The van der Waals surface area contributed by atoms with E-state index in [9.17, 15) is 9.59 Å². The van der Waals surface area contributed by atoms with E-state index in [1.807, 2.05) is 39.2 Å². The molecule has 94 valence electrons. The highest BCUT2D eigenvalue weighted by Crippen LogP contribution is 2.13. The first-order valence-electron chi connectivity index (χ1n) is 5.67. The first-order chi connectivity index (χ1) is 7.74. The standard InChI is InChI=1S/C13H20N2O2/c1-9-6-11(8-16)10(2)15(9)7-12(17)14-13(3,4)5/h6,8H,7H2,1-5H3,(H,14,17). The average Bonchev–Trinajstić information content (AvgIpc) is 2.42. The Balaban J connectivity index is 2.85. The molecule has 1 aromatic heterocycles. The minimum Gasteiger partial charge on any atom is -0.350 e. The minimum absolute atomic E-state index is 0.0447. The molecule has 0 aliphatic carbocycles. The maximum Gasteiger partial charge on any atom is 0.240 e. The van der Waals surface area contributed by atoms with E-state index in [0.717, 1.165) is 17.7 Å². The van der Waals surface area contributed by atoms with Crippen molar-refractivity contribution < 1.29 is 9.59 Å². The predicted octanol–water partition coefficient (Wildman–Crippen LogP) is 1.83. The molecule has 0 aliphatic heterocycles. The van der Waals surface area contributed by atoms with Crippen molar-refractivity contribution in [3.8, 4) is 0 Å². The van der Waals surface area contributed by atoms with Gasteiger partial charge >= 0.3 is 0 Å². The zero-order chi connectivity index (χ0) is 13.2. The van der Waals surface area contributed by atoms with Gasteiger partial charge in [-0.3, -0.25) is 9.59 Å². The van der Waals surface area contributed by atoms with Gasteiger partial charge in [-0.1, -0.05) is 0 Å². The van der Waals surface area contributed by atoms with Gasteiger partial charge in [0, 0.05) is 22.5 Å². The lowest BCUT2D eigenvalue weighted by Gasteiger charge is -2.21. The van der Waals surface area contributed by atoms with E-state index < -0.39 is 0 Å². The van der Waals surface area contributed by atoms with E-state index in [1.54, 1.807) is 6.07 Å². The van der Waals surface area contributed by atoms with E-state index in [0.29, 0.717) is 5.56 Å². The van der Waals surface area contributed by atoms with Gasteiger partial charge in [0.05, 0.1) is 0 Å². The lowest BCUT2D eigenvalue weighted by Crippen LogP contribution is -2.42. The molecule has 17 heavy (non-hydrogen) atoms. The summed E-state index contributed by atoms with van der Waals surface area (Å²) in [5.41, 5.74) is 2.17. The normalized spacial score (nSPS) is 11.4. The molecular formula is C13H20N2O2. The first-order valence-corrected chi connectivity index (χ1v) is 5.67. The molecule has 0 aliphatic rings. The SMILES string of the molecule is Cc1cc(C=O)c(C)n1CC(=O)NC(C)(C)C. The lowest BCUT2D eigenvalue weighted by molar-refractivity contribution is -0.123. The molecule has 0 unspecified atom stereocenters. The summed E-state index contributed by atoms with van der Waals surface area (Å²) in [5.74, 6) is -0.0447. The van der Waals surface area contributed by atoms with Crippen LogP contribution in [0.4, 0.5) is 0 Å². The molecule has 1 heterocycles. The van der Waals surface area contributed by atoms with Crippen LogP contribution in [-0.4, -0.2) is 22.3 Å². The highest BCUT2D eigenvalue weighted by Gasteiger charge is 2.16. The molecule has 0 bridgehead atoms. The van der Waals surface area contributed by atoms with Crippen molar-refractivity contribution in [2.24, 2.45) is 0 Å². The molecule has 1 amide bonds. The van der Waals surface area contributed by atoms with Crippen molar-refractivity contribution >= 4 is 12.2 Å². The molecule has 0 fully saturated rings. The van der Waals surface area contributed by atoms with Crippen molar-refractivity contribution in [1.82, 2.24) is 9.88 Å². The van der Waals surface area contributed by atoms with Crippen molar-refractivity contribution in [3.63, 3.8) is 0 Å². The Bertz CT molecular complexity index is 439. The zero-order valence-corrected chi connectivity index (χ0v) is 11.1. The topological polar surface area (TPSA) is 51.1 Å². The van der Waals surface area contributed by atoms with Crippen LogP contribution in [0.1, 0.15) is 42.5 Å². The van der Waals surface area contributed by atoms with Gasteiger partial charge in [0.1, 0.15) is 6.54 Å². The molecule has 0 aromatic carbocycles. The summed E-state index contributed by atoms with van der Waals surface area (Å²) in [7, 11) is 0. The quantitative estimate of drug-likeness (QED) is 0.814. The molecule has 0 saturated heterocycles. The maximum atomic E-state index is 11.8. The molecule has 0 saturated carbocycles. The molecule has 4 heteroatoms. The fourth-order valence-corrected chi connectivity index (χ4v) is 1.79. The Kier molecular flexibility index (Phi) is 3.76. The second kappa shape index (κ2) is 4.73. The fourth-order valence-electron chi connectivity index (χ4n) is 1.79. The Morgan fingerprint density at radius 2 is 2.00 bits per heavy atom. The summed E-state index contributed by atoms with van der Waals surface area (Å²) >= 11 is 0. The van der Waals surface area contributed by atoms with Crippen molar-refractivity contribution in [3.05, 3.63) is 23.0 Å². The number of hydrogen-bond acceptors (Lipinski definition) is 2. The third kappa shape index (κ3) is 3.44. The Hall–Kier alpha value is -1.58. The summed E-state index contributed by atoms with van der Waals surface area (Å²) in [6, 6.07) is 1.80. The largest absolute Gasteiger partial charge is 0.350 e. The number of nitrogens with zero attached hydrogens (tertiary/aromatic N) is 1. The van der Waals surface area contributed by atoms with Crippen molar-refractivity contribution in [2.45, 2.75) is 46.7 Å². The average molecular weight is 236 g/mol. The molecule has 1 N–H and O–H groups in total. The number of rotatable bonds is 3. The summed E-state index contributed by atoms with van der Waals surface area (Å²) in [6.07, 6.45) is 0.820. The second-order valence-electron chi connectivity index (χ2n) is 5.33. The smallest absolute Gasteiger partial charge is 0.240 e. The highest BCUT2D eigenvalue weighted by atomic mass is 16.2. The minimum atomic E-state index is -0.237. The van der Waals surface area contributed by atoms with E-state index >= 15 is 0 Å². The number of aromatic nitrogens is 1. The number of amides is 1. The number of carbonyl (C=O) groups is 2. The van der Waals surface area contributed by atoms with Crippen LogP contribution in [-0.2, 0) is 11.3 Å². The second-order valence-corrected chi connectivity index (χ2v) is 5.33. The van der Waals surface area contributed by atoms with Crippen LogP contribution in [0.15, 0.2) is 6.07 Å². The van der Waals surface area contributed by atoms with Crippen molar-refractivity contribution in [1.29, 1.82) is 0 Å². The Morgan fingerprint density at radius 3 is 2.41 bits per heavy atom. The summed E-state index contributed by atoms with van der Waals surface area (Å²) in [4.78, 5) is 22.6. The van der Waals surface area contributed by atoms with Gasteiger partial charge in [-0.05, 0) is 40.7 Å². The number of hydrogen-bond donors (Lipinski definition) is 1. The van der Waals surface area contributed by atoms with Crippen LogP contribution < -0.4 is 5.32 Å². The van der Waals surface area contributed by atoms with Crippen molar-refractivity contribution in [2.75, 3.05) is 0 Å². The first kappa shape index (κ1) is 13.5. The molecular weight excluding hydrogens is 216 g/mol. The highest BCUT2D eigenvalue weighted by molar-refractivity contribution is 5.79. The third-order valence-corrected chi connectivity index (χ3v) is 2.56. The molecule has 1 aromatic rings. The van der Waals surface area contributed by atoms with E-state index in [-0.39, 0.29) is 18.0 Å². The number of aldehydes is 1. The number of aryl methyl sites for hydroxylation is 1. The van der Waals surface area contributed by atoms with Gasteiger partial charge in [0.2, 0.25) is 5.91 Å².